The number of likely N-dealkylation sites (N-methyl/N-ethyl adjacent to an activating group) is 1. The van der Waals surface area contributed by atoms with E-state index in [-0.39, 0.29) is 12.5 Å². The number of hydrogen-bond donors (Lipinski definition) is 2. The molecule has 0 saturated heterocycles. The normalized spacial score (nSPS) is 12.2. The molecule has 0 aliphatic carbocycles. The van der Waals surface area contributed by atoms with Gasteiger partial charge in [0.15, 0.2) is 0 Å². The van der Waals surface area contributed by atoms with E-state index in [1.54, 1.807) is 14.2 Å². The highest BCUT2D eigenvalue weighted by atomic mass is 16.5. The first-order valence-electron chi connectivity index (χ1n) is 6.13. The van der Waals surface area contributed by atoms with Gasteiger partial charge in [-0.25, -0.2) is 0 Å². The number of methoxy groups -OCH3 is 1. The molecule has 19 heavy (non-hydrogen) atoms. The average molecular weight is 266 g/mol. The number of ether oxygens (including phenoxy) is 1. The van der Waals surface area contributed by atoms with Crippen LogP contribution in [-0.2, 0) is 4.79 Å². The van der Waals surface area contributed by atoms with Crippen LogP contribution >= 0.6 is 0 Å². The van der Waals surface area contributed by atoms with E-state index in [4.69, 9.17) is 15.6 Å². The molecule has 0 bridgehead atoms. The number of anilines is 1. The molecule has 106 valence electrons. The summed E-state index contributed by atoms with van der Waals surface area (Å²) in [6.45, 7) is 5.48. The summed E-state index contributed by atoms with van der Waals surface area (Å²) in [6.07, 6.45) is 0. The molecule has 0 radical (unpaired) electrons. The minimum atomic E-state index is -0.921. The van der Waals surface area contributed by atoms with E-state index in [2.05, 4.69) is 0 Å². The predicted molar refractivity (Wildman–Crippen MR) is 75.7 cm³/mol. The van der Waals surface area contributed by atoms with E-state index in [9.17, 15) is 4.79 Å². The van der Waals surface area contributed by atoms with Crippen molar-refractivity contribution in [3.05, 3.63) is 22.8 Å². The quantitative estimate of drug-likeness (QED) is 0.849. The maximum absolute atomic E-state index is 12.1. The molecule has 1 aromatic carbocycles. The number of aliphatic hydroxyl groups excluding tert-OH is 1. The van der Waals surface area contributed by atoms with Crippen LogP contribution in [0.15, 0.2) is 6.07 Å². The lowest BCUT2D eigenvalue weighted by Gasteiger charge is -2.26. The van der Waals surface area contributed by atoms with Gasteiger partial charge < -0.3 is 20.5 Å². The summed E-state index contributed by atoms with van der Waals surface area (Å²) in [7, 11) is 3.21. The Morgan fingerprint density at radius 1 is 1.42 bits per heavy atom. The Morgan fingerprint density at radius 2 is 2.00 bits per heavy atom. The Morgan fingerprint density at radius 3 is 2.47 bits per heavy atom. The van der Waals surface area contributed by atoms with Crippen LogP contribution in [0.3, 0.4) is 0 Å². The smallest absolute Gasteiger partial charge is 0.246 e. The van der Waals surface area contributed by atoms with Crippen molar-refractivity contribution >= 4 is 11.6 Å². The minimum absolute atomic E-state index is 0.341. The first-order chi connectivity index (χ1) is 8.84. The third kappa shape index (κ3) is 2.88. The number of aliphatic hydroxyl groups is 1. The number of carbonyl (C=O) groups is 1. The van der Waals surface area contributed by atoms with Gasteiger partial charge in [0.25, 0.3) is 0 Å². The van der Waals surface area contributed by atoms with Gasteiger partial charge in [-0.15, -0.1) is 0 Å². The van der Waals surface area contributed by atoms with Crippen LogP contribution < -0.4 is 15.4 Å². The summed E-state index contributed by atoms with van der Waals surface area (Å²) in [5.41, 5.74) is 9.30. The lowest BCUT2D eigenvalue weighted by molar-refractivity contribution is -0.120. The zero-order valence-corrected chi connectivity index (χ0v) is 12.2. The maximum Gasteiger partial charge on any atom is 0.246 e. The Kier molecular flexibility index (Phi) is 4.91. The molecule has 3 N–H and O–H groups in total. The maximum atomic E-state index is 12.1. The number of rotatable bonds is 4. The molecule has 0 aliphatic rings. The molecule has 1 aromatic rings. The van der Waals surface area contributed by atoms with Gasteiger partial charge in [-0.3, -0.25) is 4.79 Å². The van der Waals surface area contributed by atoms with Gasteiger partial charge in [0.1, 0.15) is 11.8 Å². The fourth-order valence-corrected chi connectivity index (χ4v) is 2.14. The van der Waals surface area contributed by atoms with Gasteiger partial charge in [0, 0.05) is 7.05 Å². The average Bonchev–Trinajstić information content (AvgIpc) is 2.39. The summed E-state index contributed by atoms with van der Waals surface area (Å²) in [4.78, 5) is 13.5. The summed E-state index contributed by atoms with van der Waals surface area (Å²) in [5.74, 6) is 0.325. The summed E-state index contributed by atoms with van der Waals surface area (Å²) < 4.78 is 5.43. The zero-order valence-electron chi connectivity index (χ0n) is 12.2. The molecule has 1 amide bonds. The molecular formula is C14H22N2O3. The van der Waals surface area contributed by atoms with Crippen molar-refractivity contribution in [2.75, 3.05) is 25.7 Å². The lowest BCUT2D eigenvalue weighted by Crippen LogP contribution is -2.44. The molecule has 1 unspecified atom stereocenters. The molecule has 1 atom stereocenters. The van der Waals surface area contributed by atoms with Crippen molar-refractivity contribution in [2.24, 2.45) is 5.73 Å². The van der Waals surface area contributed by atoms with Crippen LogP contribution in [0.1, 0.15) is 16.7 Å². The molecule has 0 heterocycles. The number of aryl methyl sites for hydroxylation is 2. The van der Waals surface area contributed by atoms with Crippen LogP contribution in [0, 0.1) is 20.8 Å². The van der Waals surface area contributed by atoms with Crippen molar-refractivity contribution in [3.8, 4) is 5.75 Å². The summed E-state index contributed by atoms with van der Waals surface area (Å²) in [5, 5.41) is 8.99. The first kappa shape index (κ1) is 15.5. The van der Waals surface area contributed by atoms with Crippen LogP contribution in [0.4, 0.5) is 5.69 Å². The second-order valence-corrected chi connectivity index (χ2v) is 4.70. The van der Waals surface area contributed by atoms with E-state index in [1.807, 2.05) is 26.8 Å². The van der Waals surface area contributed by atoms with Crippen molar-refractivity contribution in [1.82, 2.24) is 0 Å². The fraction of sp³-hybridized carbons (Fsp3) is 0.500. The minimum Gasteiger partial charge on any atom is -0.494 e. The lowest BCUT2D eigenvalue weighted by atomic mass is 10.0. The SMILES string of the molecule is COc1c(C)c(C)cc(C)c1N(C)C(=O)C(N)CO. The summed E-state index contributed by atoms with van der Waals surface area (Å²) in [6, 6.07) is 1.08. The molecule has 0 spiro atoms. The van der Waals surface area contributed by atoms with Gasteiger partial charge in [-0.05, 0) is 37.5 Å². The van der Waals surface area contributed by atoms with Gasteiger partial charge in [-0.1, -0.05) is 6.07 Å². The second-order valence-electron chi connectivity index (χ2n) is 4.70. The molecular weight excluding hydrogens is 244 g/mol. The topological polar surface area (TPSA) is 75.8 Å². The van der Waals surface area contributed by atoms with Gasteiger partial charge >= 0.3 is 0 Å². The van der Waals surface area contributed by atoms with E-state index in [0.717, 1.165) is 16.7 Å². The Labute approximate surface area is 114 Å². The van der Waals surface area contributed by atoms with Gasteiger partial charge in [-0.2, -0.15) is 0 Å². The molecule has 0 saturated carbocycles. The third-order valence-electron chi connectivity index (χ3n) is 3.34. The van der Waals surface area contributed by atoms with Crippen molar-refractivity contribution in [1.29, 1.82) is 0 Å². The number of nitrogens with zero attached hydrogens (tertiary/aromatic N) is 1. The molecule has 0 fully saturated rings. The molecule has 1 rings (SSSR count). The third-order valence-corrected chi connectivity index (χ3v) is 3.34. The zero-order chi connectivity index (χ0) is 14.7. The highest BCUT2D eigenvalue weighted by Gasteiger charge is 2.24. The second kappa shape index (κ2) is 6.04. The molecule has 0 aliphatic heterocycles. The number of amides is 1. The Hall–Kier alpha value is -1.59. The van der Waals surface area contributed by atoms with Crippen LogP contribution in [0.25, 0.3) is 0 Å². The number of benzene rings is 1. The standard InChI is InChI=1S/C14H22N2O3/c1-8-6-9(2)12(13(19-5)10(8)3)16(4)14(18)11(15)7-17/h6,11,17H,7,15H2,1-5H3. The summed E-state index contributed by atoms with van der Waals surface area (Å²) >= 11 is 0. The van der Waals surface area contributed by atoms with Gasteiger partial charge in [0.05, 0.1) is 19.4 Å². The van der Waals surface area contributed by atoms with E-state index in [0.29, 0.717) is 11.4 Å². The number of nitrogens with two attached hydrogens (primary N) is 1. The van der Waals surface area contributed by atoms with Crippen molar-refractivity contribution < 1.29 is 14.6 Å². The Balaban J connectivity index is 3.34. The number of hydrogen-bond acceptors (Lipinski definition) is 4. The van der Waals surface area contributed by atoms with E-state index >= 15 is 0 Å². The largest absolute Gasteiger partial charge is 0.494 e. The molecule has 5 heteroatoms. The van der Waals surface area contributed by atoms with Crippen molar-refractivity contribution in [3.63, 3.8) is 0 Å². The fourth-order valence-electron chi connectivity index (χ4n) is 2.14. The van der Waals surface area contributed by atoms with E-state index in [1.165, 1.54) is 4.90 Å². The monoisotopic (exact) mass is 266 g/mol. The molecule has 0 aromatic heterocycles. The van der Waals surface area contributed by atoms with Crippen LogP contribution in [0.2, 0.25) is 0 Å². The van der Waals surface area contributed by atoms with Crippen molar-refractivity contribution in [2.45, 2.75) is 26.8 Å². The van der Waals surface area contributed by atoms with Gasteiger partial charge in [0.2, 0.25) is 5.91 Å². The predicted octanol–water partition coefficient (Wildman–Crippen LogP) is 0.903. The van der Waals surface area contributed by atoms with Crippen LogP contribution in [-0.4, -0.2) is 37.8 Å². The highest BCUT2D eigenvalue weighted by molar-refractivity contribution is 5.99. The number of carbonyl (C=O) groups excluding carboxylic acids is 1. The molecule has 5 nitrogen and oxygen atoms in total. The van der Waals surface area contributed by atoms with Crippen LogP contribution in [0.5, 0.6) is 5.75 Å². The Bertz CT molecular complexity index is 486. The van der Waals surface area contributed by atoms with E-state index < -0.39 is 6.04 Å². The first-order valence-corrected chi connectivity index (χ1v) is 6.13. The highest BCUT2D eigenvalue weighted by Crippen LogP contribution is 2.36.